The Kier molecular flexibility index (Phi) is 2.37. The molecule has 14 heavy (non-hydrogen) atoms. The van der Waals surface area contributed by atoms with Crippen molar-refractivity contribution in [1.29, 1.82) is 0 Å². The Morgan fingerprint density at radius 2 is 2.21 bits per heavy atom. The number of hydrogen-bond donors (Lipinski definition) is 0. The average Bonchev–Trinajstić information content (AvgIpc) is 2.18. The number of halogens is 2. The van der Waals surface area contributed by atoms with Crippen LogP contribution in [0.5, 0.6) is 5.75 Å². The summed E-state index contributed by atoms with van der Waals surface area (Å²) in [5.41, 5.74) is 0.326. The minimum Gasteiger partial charge on any atom is -0.495 e. The molecule has 2 nitrogen and oxygen atoms in total. The van der Waals surface area contributed by atoms with Gasteiger partial charge in [-0.1, -0.05) is 6.07 Å². The molecule has 0 saturated heterocycles. The summed E-state index contributed by atoms with van der Waals surface area (Å²) in [6.07, 6.45) is 1.53. The van der Waals surface area contributed by atoms with Crippen LogP contribution in [0, 0.1) is 5.82 Å². The fourth-order valence-electron chi connectivity index (χ4n) is 1.35. The highest BCUT2D eigenvalue weighted by atomic mass is 79.9. The molecule has 0 N–H and O–H groups in total. The molecular formula is C10H7BrFNO. The van der Waals surface area contributed by atoms with E-state index in [2.05, 4.69) is 20.9 Å². The van der Waals surface area contributed by atoms with Gasteiger partial charge in [0.2, 0.25) is 0 Å². The molecular weight excluding hydrogens is 249 g/mol. The van der Waals surface area contributed by atoms with Crippen LogP contribution in [0.15, 0.2) is 28.9 Å². The van der Waals surface area contributed by atoms with Gasteiger partial charge in [-0.3, -0.25) is 4.98 Å². The van der Waals surface area contributed by atoms with E-state index < -0.39 is 0 Å². The molecule has 0 unspecified atom stereocenters. The number of aromatic nitrogens is 1. The van der Waals surface area contributed by atoms with E-state index in [0.29, 0.717) is 16.7 Å². The van der Waals surface area contributed by atoms with Gasteiger partial charge < -0.3 is 4.74 Å². The third-order valence-electron chi connectivity index (χ3n) is 1.96. The summed E-state index contributed by atoms with van der Waals surface area (Å²) in [5, 5.41) is 0.668. The van der Waals surface area contributed by atoms with Gasteiger partial charge in [-0.25, -0.2) is 4.39 Å². The first-order valence-corrected chi connectivity index (χ1v) is 4.80. The summed E-state index contributed by atoms with van der Waals surface area (Å²) in [5.74, 6) is 0.266. The van der Waals surface area contributed by atoms with Crippen LogP contribution in [0.25, 0.3) is 10.9 Å². The molecule has 0 aliphatic carbocycles. The van der Waals surface area contributed by atoms with Crippen LogP contribution in [0.3, 0.4) is 0 Å². The quantitative estimate of drug-likeness (QED) is 0.781. The van der Waals surface area contributed by atoms with Gasteiger partial charge >= 0.3 is 0 Å². The van der Waals surface area contributed by atoms with E-state index in [0.717, 1.165) is 4.47 Å². The minimum atomic E-state index is -0.340. The Morgan fingerprint density at radius 3 is 2.93 bits per heavy atom. The zero-order chi connectivity index (χ0) is 10.1. The van der Waals surface area contributed by atoms with Gasteiger partial charge in [0.15, 0.2) is 0 Å². The Balaban J connectivity index is 2.88. The van der Waals surface area contributed by atoms with Crippen molar-refractivity contribution in [1.82, 2.24) is 4.98 Å². The van der Waals surface area contributed by atoms with Crippen molar-refractivity contribution in [2.45, 2.75) is 0 Å². The number of ether oxygens (including phenoxy) is 1. The van der Waals surface area contributed by atoms with Gasteiger partial charge in [0, 0.05) is 11.6 Å². The molecule has 0 atom stereocenters. The minimum absolute atomic E-state index is 0.326. The lowest BCUT2D eigenvalue weighted by Gasteiger charge is -2.06. The number of nitrogens with zero attached hydrogens (tertiary/aromatic N) is 1. The molecule has 0 amide bonds. The largest absolute Gasteiger partial charge is 0.495 e. The van der Waals surface area contributed by atoms with Crippen LogP contribution in [-0.2, 0) is 0 Å². The standard InChI is InChI=1S/C10H7BrFNO/c1-14-10-6-3-2-4-8(12)9(6)13-5-7(10)11/h2-5H,1H3. The Labute approximate surface area is 88.8 Å². The van der Waals surface area contributed by atoms with Crippen molar-refractivity contribution in [2.75, 3.05) is 7.11 Å². The highest BCUT2D eigenvalue weighted by molar-refractivity contribution is 9.10. The smallest absolute Gasteiger partial charge is 0.149 e. The van der Waals surface area contributed by atoms with E-state index in [9.17, 15) is 4.39 Å². The fraction of sp³-hybridized carbons (Fsp3) is 0.100. The molecule has 0 saturated carbocycles. The second-order valence-corrected chi connectivity index (χ2v) is 3.63. The first-order valence-electron chi connectivity index (χ1n) is 4.00. The second-order valence-electron chi connectivity index (χ2n) is 2.78. The lowest BCUT2D eigenvalue weighted by Crippen LogP contribution is -1.90. The highest BCUT2D eigenvalue weighted by Crippen LogP contribution is 2.32. The van der Waals surface area contributed by atoms with Gasteiger partial charge in [-0.15, -0.1) is 0 Å². The van der Waals surface area contributed by atoms with Gasteiger partial charge in [-0.2, -0.15) is 0 Å². The predicted molar refractivity (Wildman–Crippen MR) is 56.0 cm³/mol. The zero-order valence-corrected chi connectivity index (χ0v) is 9.01. The van der Waals surface area contributed by atoms with Gasteiger partial charge in [-0.05, 0) is 28.1 Å². The van der Waals surface area contributed by atoms with Crippen molar-refractivity contribution >= 4 is 26.8 Å². The van der Waals surface area contributed by atoms with Crippen molar-refractivity contribution in [3.8, 4) is 5.75 Å². The summed E-state index contributed by atoms with van der Waals surface area (Å²) < 4.78 is 19.2. The van der Waals surface area contributed by atoms with E-state index in [4.69, 9.17) is 4.74 Å². The number of para-hydroxylation sites is 1. The summed E-state index contributed by atoms with van der Waals surface area (Å²) in [6.45, 7) is 0. The number of hydrogen-bond acceptors (Lipinski definition) is 2. The van der Waals surface area contributed by atoms with E-state index in [1.54, 1.807) is 19.2 Å². The van der Waals surface area contributed by atoms with E-state index >= 15 is 0 Å². The first-order chi connectivity index (χ1) is 6.74. The monoisotopic (exact) mass is 255 g/mol. The molecule has 2 rings (SSSR count). The lowest BCUT2D eigenvalue weighted by atomic mass is 10.2. The zero-order valence-electron chi connectivity index (χ0n) is 7.42. The van der Waals surface area contributed by atoms with Crippen LogP contribution in [0.1, 0.15) is 0 Å². The molecule has 0 spiro atoms. The maximum atomic E-state index is 13.3. The SMILES string of the molecule is COc1c(Br)cnc2c(F)cccc12. The van der Waals surface area contributed by atoms with Gasteiger partial charge in [0.25, 0.3) is 0 Å². The maximum Gasteiger partial charge on any atom is 0.149 e. The van der Waals surface area contributed by atoms with Gasteiger partial charge in [0.05, 0.1) is 11.6 Å². The fourth-order valence-corrected chi connectivity index (χ4v) is 1.82. The van der Waals surface area contributed by atoms with E-state index in [1.807, 2.05) is 0 Å². The number of fused-ring (bicyclic) bond motifs is 1. The summed E-state index contributed by atoms with van der Waals surface area (Å²) >= 11 is 3.29. The normalized spacial score (nSPS) is 10.5. The summed E-state index contributed by atoms with van der Waals surface area (Å²) in [6, 6.07) is 4.78. The topological polar surface area (TPSA) is 22.1 Å². The van der Waals surface area contributed by atoms with Crippen LogP contribution in [0.4, 0.5) is 4.39 Å². The van der Waals surface area contributed by atoms with E-state index in [1.165, 1.54) is 12.3 Å². The second kappa shape index (κ2) is 3.53. The Bertz CT molecular complexity index is 487. The van der Waals surface area contributed by atoms with Crippen LogP contribution in [-0.4, -0.2) is 12.1 Å². The molecule has 0 radical (unpaired) electrons. The summed E-state index contributed by atoms with van der Waals surface area (Å²) in [4.78, 5) is 3.99. The number of rotatable bonds is 1. The number of benzene rings is 1. The van der Waals surface area contributed by atoms with Gasteiger partial charge in [0.1, 0.15) is 17.1 Å². The van der Waals surface area contributed by atoms with Crippen molar-refractivity contribution in [3.05, 3.63) is 34.7 Å². The molecule has 0 aliphatic rings. The highest BCUT2D eigenvalue weighted by Gasteiger charge is 2.09. The molecule has 72 valence electrons. The number of pyridine rings is 1. The molecule has 1 heterocycles. The molecule has 0 fully saturated rings. The van der Waals surface area contributed by atoms with Crippen molar-refractivity contribution in [2.24, 2.45) is 0 Å². The molecule has 0 aliphatic heterocycles. The van der Waals surface area contributed by atoms with E-state index in [-0.39, 0.29) is 5.82 Å². The maximum absolute atomic E-state index is 13.3. The third kappa shape index (κ3) is 1.35. The molecule has 2 aromatic rings. The molecule has 1 aromatic carbocycles. The van der Waals surface area contributed by atoms with Crippen LogP contribution >= 0.6 is 15.9 Å². The molecule has 0 bridgehead atoms. The summed E-state index contributed by atoms with van der Waals surface area (Å²) in [7, 11) is 1.55. The predicted octanol–water partition coefficient (Wildman–Crippen LogP) is 3.15. The first kappa shape index (κ1) is 9.40. The third-order valence-corrected chi connectivity index (χ3v) is 2.52. The molecule has 4 heteroatoms. The average molecular weight is 256 g/mol. The Morgan fingerprint density at radius 1 is 1.43 bits per heavy atom. The molecule has 1 aromatic heterocycles. The van der Waals surface area contributed by atoms with Crippen LogP contribution < -0.4 is 4.74 Å². The van der Waals surface area contributed by atoms with Crippen LogP contribution in [0.2, 0.25) is 0 Å². The van der Waals surface area contributed by atoms with Crippen molar-refractivity contribution in [3.63, 3.8) is 0 Å². The number of methoxy groups -OCH3 is 1. The van der Waals surface area contributed by atoms with Crippen molar-refractivity contribution < 1.29 is 9.13 Å². The Hall–Kier alpha value is -1.16. The lowest BCUT2D eigenvalue weighted by molar-refractivity contribution is 0.416.